The van der Waals surface area contributed by atoms with Crippen LogP contribution in [0.2, 0.25) is 0 Å². The van der Waals surface area contributed by atoms with Crippen molar-refractivity contribution in [3.8, 4) is 0 Å². The second-order valence-electron chi connectivity index (χ2n) is 6.68. The Morgan fingerprint density at radius 3 is 2.77 bits per heavy atom. The van der Waals surface area contributed by atoms with Crippen LogP contribution in [0.1, 0.15) is 47.9 Å². The molecule has 0 saturated carbocycles. The number of fused-ring (bicyclic) bond motifs is 1. The molecule has 2 unspecified atom stereocenters. The zero-order valence-electron chi connectivity index (χ0n) is 15.5. The van der Waals surface area contributed by atoms with Crippen molar-refractivity contribution in [1.82, 2.24) is 20.4 Å². The number of nitrogens with one attached hydrogen (secondary N) is 2. The molecule has 1 aliphatic rings. The topological polar surface area (TPSA) is 59.0 Å². The highest BCUT2D eigenvalue weighted by atomic mass is 35.5. The molecule has 26 heavy (non-hydrogen) atoms. The molecule has 1 aliphatic heterocycles. The second kappa shape index (κ2) is 9.95. The zero-order chi connectivity index (χ0) is 17.1. The van der Waals surface area contributed by atoms with Gasteiger partial charge in [0.25, 0.3) is 0 Å². The number of hydrogen-bond donors (Lipinski definition) is 2. The predicted molar refractivity (Wildman–Crippen MR) is 109 cm³/mol. The lowest BCUT2D eigenvalue weighted by Crippen LogP contribution is -2.39. The number of benzene rings is 1. The van der Waals surface area contributed by atoms with E-state index in [0.29, 0.717) is 13.0 Å². The Kier molecular flexibility index (Phi) is 8.60. The molecule has 1 aromatic carbocycles. The van der Waals surface area contributed by atoms with E-state index in [2.05, 4.69) is 40.0 Å². The molecule has 2 atom stereocenters. The van der Waals surface area contributed by atoms with Crippen LogP contribution in [0.15, 0.2) is 30.3 Å². The normalized spacial score (nSPS) is 16.7. The first kappa shape index (κ1) is 22.5. The Labute approximate surface area is 167 Å². The van der Waals surface area contributed by atoms with E-state index in [9.17, 15) is 4.79 Å². The molecule has 7 heteroatoms. The van der Waals surface area contributed by atoms with Gasteiger partial charge in [-0.3, -0.25) is 9.48 Å². The fraction of sp³-hybridized carbons (Fsp3) is 0.474. The number of rotatable bonds is 5. The molecule has 0 spiro atoms. The van der Waals surface area contributed by atoms with E-state index in [-0.39, 0.29) is 42.8 Å². The molecule has 2 heterocycles. The number of aryl methyl sites for hydroxylation is 2. The summed E-state index contributed by atoms with van der Waals surface area (Å²) in [7, 11) is 0. The van der Waals surface area contributed by atoms with Crippen molar-refractivity contribution in [3.63, 3.8) is 0 Å². The summed E-state index contributed by atoms with van der Waals surface area (Å²) in [4.78, 5) is 12.3. The van der Waals surface area contributed by atoms with E-state index >= 15 is 0 Å². The summed E-state index contributed by atoms with van der Waals surface area (Å²) in [5.74, 6) is 0.0694. The molecule has 1 amide bonds. The summed E-state index contributed by atoms with van der Waals surface area (Å²) in [5, 5.41) is 11.0. The molecule has 1 aromatic heterocycles. The maximum absolute atomic E-state index is 12.3. The number of nitrogens with zero attached hydrogens (tertiary/aromatic N) is 2. The Balaban J connectivity index is 0.00000169. The molecule has 0 radical (unpaired) electrons. The van der Waals surface area contributed by atoms with Gasteiger partial charge in [-0.15, -0.1) is 24.8 Å². The average Bonchev–Trinajstić information content (AvgIpc) is 2.91. The first-order valence-corrected chi connectivity index (χ1v) is 8.65. The SMILES string of the molecule is Cc1cc(C)n(C(C)CC(=O)NCC2NCCc3ccccc32)n1.Cl.Cl. The fourth-order valence-electron chi connectivity index (χ4n) is 3.51. The summed E-state index contributed by atoms with van der Waals surface area (Å²) >= 11 is 0. The lowest BCUT2D eigenvalue weighted by atomic mass is 9.94. The lowest BCUT2D eigenvalue weighted by Gasteiger charge is -2.27. The van der Waals surface area contributed by atoms with Gasteiger partial charge in [0.15, 0.2) is 0 Å². The van der Waals surface area contributed by atoms with Gasteiger partial charge in [0.1, 0.15) is 0 Å². The second-order valence-corrected chi connectivity index (χ2v) is 6.68. The highest BCUT2D eigenvalue weighted by molar-refractivity contribution is 5.85. The smallest absolute Gasteiger partial charge is 0.222 e. The monoisotopic (exact) mass is 398 g/mol. The van der Waals surface area contributed by atoms with Crippen LogP contribution in [0.25, 0.3) is 0 Å². The number of amides is 1. The van der Waals surface area contributed by atoms with Gasteiger partial charge < -0.3 is 10.6 Å². The van der Waals surface area contributed by atoms with Gasteiger partial charge in [-0.1, -0.05) is 24.3 Å². The molecule has 2 aromatic rings. The Morgan fingerprint density at radius 1 is 1.35 bits per heavy atom. The van der Waals surface area contributed by atoms with Crippen LogP contribution in [-0.2, 0) is 11.2 Å². The summed E-state index contributed by atoms with van der Waals surface area (Å²) in [5.41, 5.74) is 4.76. The van der Waals surface area contributed by atoms with Gasteiger partial charge >= 0.3 is 0 Å². The van der Waals surface area contributed by atoms with Gasteiger partial charge in [-0.2, -0.15) is 5.10 Å². The Hall–Kier alpha value is -1.56. The summed E-state index contributed by atoms with van der Waals surface area (Å²) in [6, 6.07) is 10.8. The summed E-state index contributed by atoms with van der Waals surface area (Å²) in [6.45, 7) is 7.62. The van der Waals surface area contributed by atoms with Crippen molar-refractivity contribution in [2.24, 2.45) is 0 Å². The van der Waals surface area contributed by atoms with Crippen molar-refractivity contribution in [1.29, 1.82) is 0 Å². The van der Waals surface area contributed by atoms with Crippen LogP contribution < -0.4 is 10.6 Å². The van der Waals surface area contributed by atoms with Crippen molar-refractivity contribution < 1.29 is 4.79 Å². The van der Waals surface area contributed by atoms with Gasteiger partial charge in [0.05, 0.1) is 11.7 Å². The third-order valence-corrected chi connectivity index (χ3v) is 4.66. The van der Waals surface area contributed by atoms with Gasteiger partial charge in [0.2, 0.25) is 5.91 Å². The summed E-state index contributed by atoms with van der Waals surface area (Å²) in [6.07, 6.45) is 1.49. The number of aromatic nitrogens is 2. The van der Waals surface area contributed by atoms with E-state index in [0.717, 1.165) is 24.4 Å². The van der Waals surface area contributed by atoms with E-state index in [1.54, 1.807) is 0 Å². The third-order valence-electron chi connectivity index (χ3n) is 4.66. The van der Waals surface area contributed by atoms with Crippen molar-refractivity contribution >= 4 is 30.7 Å². The Morgan fingerprint density at radius 2 is 2.08 bits per heavy atom. The van der Waals surface area contributed by atoms with Crippen LogP contribution in [-0.4, -0.2) is 28.8 Å². The third kappa shape index (κ3) is 5.22. The number of carbonyl (C=O) groups is 1. The number of hydrogen-bond acceptors (Lipinski definition) is 3. The molecule has 0 fully saturated rings. The van der Waals surface area contributed by atoms with Crippen molar-refractivity contribution in [2.75, 3.05) is 13.1 Å². The number of carbonyl (C=O) groups excluding carboxylic acids is 1. The molecule has 0 bridgehead atoms. The highest BCUT2D eigenvalue weighted by Crippen LogP contribution is 2.22. The summed E-state index contributed by atoms with van der Waals surface area (Å²) < 4.78 is 1.93. The van der Waals surface area contributed by atoms with E-state index in [1.165, 1.54) is 11.1 Å². The molecular formula is C19H28Cl2N4O. The lowest BCUT2D eigenvalue weighted by molar-refractivity contribution is -0.121. The molecule has 5 nitrogen and oxygen atoms in total. The van der Waals surface area contributed by atoms with Crippen LogP contribution in [0, 0.1) is 13.8 Å². The first-order valence-electron chi connectivity index (χ1n) is 8.65. The van der Waals surface area contributed by atoms with Crippen LogP contribution in [0.4, 0.5) is 0 Å². The largest absolute Gasteiger partial charge is 0.354 e. The van der Waals surface area contributed by atoms with Crippen molar-refractivity contribution in [3.05, 3.63) is 52.8 Å². The van der Waals surface area contributed by atoms with E-state index < -0.39 is 0 Å². The van der Waals surface area contributed by atoms with E-state index in [1.807, 2.05) is 31.5 Å². The Bertz CT molecular complexity index is 732. The molecule has 3 rings (SSSR count). The molecule has 2 N–H and O–H groups in total. The molecule has 144 valence electrons. The highest BCUT2D eigenvalue weighted by Gasteiger charge is 2.20. The minimum atomic E-state index is 0. The quantitative estimate of drug-likeness (QED) is 0.811. The van der Waals surface area contributed by atoms with Crippen molar-refractivity contribution in [2.45, 2.75) is 45.7 Å². The maximum Gasteiger partial charge on any atom is 0.222 e. The van der Waals surface area contributed by atoms with Gasteiger partial charge in [-0.05, 0) is 50.9 Å². The minimum Gasteiger partial charge on any atom is -0.354 e. The number of halogens is 2. The fourth-order valence-corrected chi connectivity index (χ4v) is 3.51. The molecule has 0 aliphatic carbocycles. The van der Waals surface area contributed by atoms with E-state index in [4.69, 9.17) is 0 Å². The van der Waals surface area contributed by atoms with Gasteiger partial charge in [-0.25, -0.2) is 0 Å². The van der Waals surface area contributed by atoms with Crippen LogP contribution in [0.3, 0.4) is 0 Å². The standard InChI is InChI=1S/C19H26N4O.2ClH/c1-13-10-14(2)23(22-13)15(3)11-19(24)21-12-18-17-7-5-4-6-16(17)8-9-20-18;;/h4-7,10,15,18,20H,8-9,11-12H2,1-3H3,(H,21,24);2*1H. The maximum atomic E-state index is 12.3. The average molecular weight is 399 g/mol. The zero-order valence-corrected chi connectivity index (χ0v) is 17.1. The van der Waals surface area contributed by atoms with Gasteiger partial charge in [0, 0.05) is 24.7 Å². The predicted octanol–water partition coefficient (Wildman–Crippen LogP) is 3.30. The minimum absolute atomic E-state index is 0. The molecule has 0 saturated heterocycles. The van der Waals surface area contributed by atoms with Crippen LogP contribution in [0.5, 0.6) is 0 Å². The first-order chi connectivity index (χ1) is 11.5. The molecular weight excluding hydrogens is 371 g/mol. The van der Waals surface area contributed by atoms with Crippen LogP contribution >= 0.6 is 24.8 Å².